The van der Waals surface area contributed by atoms with E-state index in [1.807, 2.05) is 0 Å². The lowest BCUT2D eigenvalue weighted by Gasteiger charge is -2.24. The molecule has 1 aromatic carbocycles. The van der Waals surface area contributed by atoms with Crippen LogP contribution in [0.3, 0.4) is 0 Å². The van der Waals surface area contributed by atoms with Gasteiger partial charge in [0.05, 0.1) is 12.9 Å². The van der Waals surface area contributed by atoms with Crippen molar-refractivity contribution in [3.63, 3.8) is 0 Å². The molecule has 0 aromatic heterocycles. The highest BCUT2D eigenvalue weighted by Gasteiger charge is 2.19. The predicted molar refractivity (Wildman–Crippen MR) is 81.5 cm³/mol. The second-order valence-electron chi connectivity index (χ2n) is 4.54. The number of nitrogens with one attached hydrogen (secondary N) is 1. The van der Waals surface area contributed by atoms with Gasteiger partial charge in [-0.15, -0.1) is 11.8 Å². The third kappa shape index (κ3) is 5.25. The molecule has 2 unspecified atom stereocenters. The van der Waals surface area contributed by atoms with Gasteiger partial charge in [0.2, 0.25) is 0 Å². The number of thioether (sulfide) groups is 1. The van der Waals surface area contributed by atoms with E-state index in [2.05, 4.69) is 55.1 Å². The second-order valence-corrected chi connectivity index (χ2v) is 5.90. The SMILES string of the molecule is CCNC(c1ccc(C)cc1)C(C)SCC(=O)OC. The summed E-state index contributed by atoms with van der Waals surface area (Å²) in [6.07, 6.45) is 0. The van der Waals surface area contributed by atoms with Crippen LogP contribution in [0.2, 0.25) is 0 Å². The molecule has 0 saturated heterocycles. The molecule has 0 saturated carbocycles. The second kappa shape index (κ2) is 8.23. The zero-order chi connectivity index (χ0) is 14.3. The molecule has 0 radical (unpaired) electrons. The van der Waals surface area contributed by atoms with Gasteiger partial charge in [0.25, 0.3) is 0 Å². The number of hydrogen-bond donors (Lipinski definition) is 1. The Morgan fingerprint density at radius 1 is 1.37 bits per heavy atom. The molecule has 2 atom stereocenters. The molecule has 0 bridgehead atoms. The normalized spacial score (nSPS) is 13.9. The van der Waals surface area contributed by atoms with Crippen LogP contribution in [0.4, 0.5) is 0 Å². The van der Waals surface area contributed by atoms with E-state index >= 15 is 0 Å². The summed E-state index contributed by atoms with van der Waals surface area (Å²) in [6.45, 7) is 7.23. The maximum absolute atomic E-state index is 11.2. The van der Waals surface area contributed by atoms with E-state index in [4.69, 9.17) is 0 Å². The Bertz CT molecular complexity index is 392. The first-order valence-electron chi connectivity index (χ1n) is 6.56. The topological polar surface area (TPSA) is 38.3 Å². The summed E-state index contributed by atoms with van der Waals surface area (Å²) in [6, 6.07) is 8.80. The van der Waals surface area contributed by atoms with Crippen molar-refractivity contribution >= 4 is 17.7 Å². The average molecular weight is 281 g/mol. The molecule has 106 valence electrons. The fourth-order valence-corrected chi connectivity index (χ4v) is 2.87. The highest BCUT2D eigenvalue weighted by Crippen LogP contribution is 2.26. The third-order valence-electron chi connectivity index (χ3n) is 3.02. The lowest BCUT2D eigenvalue weighted by Crippen LogP contribution is -2.29. The summed E-state index contributed by atoms with van der Waals surface area (Å²) >= 11 is 1.62. The van der Waals surface area contributed by atoms with Crippen LogP contribution in [0.25, 0.3) is 0 Å². The Balaban J connectivity index is 2.70. The van der Waals surface area contributed by atoms with Crippen LogP contribution >= 0.6 is 11.8 Å². The Morgan fingerprint density at radius 3 is 2.53 bits per heavy atom. The van der Waals surface area contributed by atoms with E-state index in [9.17, 15) is 4.79 Å². The van der Waals surface area contributed by atoms with Crippen LogP contribution in [0.5, 0.6) is 0 Å². The van der Waals surface area contributed by atoms with Gasteiger partial charge in [0.15, 0.2) is 0 Å². The van der Waals surface area contributed by atoms with Crippen LogP contribution in [0, 0.1) is 6.92 Å². The fourth-order valence-electron chi connectivity index (χ4n) is 1.90. The maximum atomic E-state index is 11.2. The van der Waals surface area contributed by atoms with Crippen molar-refractivity contribution in [2.45, 2.75) is 32.1 Å². The number of carbonyl (C=O) groups excluding carboxylic acids is 1. The minimum Gasteiger partial charge on any atom is -0.468 e. The highest BCUT2D eigenvalue weighted by atomic mass is 32.2. The summed E-state index contributed by atoms with van der Waals surface area (Å²) < 4.78 is 4.68. The van der Waals surface area contributed by atoms with Crippen molar-refractivity contribution in [2.75, 3.05) is 19.4 Å². The number of hydrogen-bond acceptors (Lipinski definition) is 4. The lowest BCUT2D eigenvalue weighted by molar-refractivity contribution is -0.137. The van der Waals surface area contributed by atoms with Crippen LogP contribution in [0.1, 0.15) is 31.0 Å². The first-order valence-corrected chi connectivity index (χ1v) is 7.61. The van der Waals surface area contributed by atoms with Crippen molar-refractivity contribution in [2.24, 2.45) is 0 Å². The van der Waals surface area contributed by atoms with Crippen molar-refractivity contribution in [3.05, 3.63) is 35.4 Å². The lowest BCUT2D eigenvalue weighted by atomic mass is 10.0. The number of aryl methyl sites for hydroxylation is 1. The molecule has 4 heteroatoms. The minimum absolute atomic E-state index is 0.170. The van der Waals surface area contributed by atoms with Crippen LogP contribution in [0.15, 0.2) is 24.3 Å². The van der Waals surface area contributed by atoms with Crippen molar-refractivity contribution < 1.29 is 9.53 Å². The molecule has 1 rings (SSSR count). The highest BCUT2D eigenvalue weighted by molar-refractivity contribution is 8.00. The summed E-state index contributed by atoms with van der Waals surface area (Å²) in [5, 5.41) is 3.79. The molecule has 0 spiro atoms. The van der Waals surface area contributed by atoms with E-state index in [-0.39, 0.29) is 12.0 Å². The zero-order valence-electron chi connectivity index (χ0n) is 12.1. The first kappa shape index (κ1) is 16.1. The molecule has 1 aromatic rings. The van der Waals surface area contributed by atoms with Gasteiger partial charge in [-0.1, -0.05) is 43.7 Å². The van der Waals surface area contributed by atoms with Gasteiger partial charge in [-0.05, 0) is 19.0 Å². The molecule has 0 heterocycles. The number of carbonyl (C=O) groups is 1. The number of benzene rings is 1. The minimum atomic E-state index is -0.170. The van der Waals surface area contributed by atoms with Crippen LogP contribution in [-0.2, 0) is 9.53 Å². The maximum Gasteiger partial charge on any atom is 0.315 e. The molecule has 3 nitrogen and oxygen atoms in total. The number of ether oxygens (including phenoxy) is 1. The van der Waals surface area contributed by atoms with Gasteiger partial charge in [0.1, 0.15) is 0 Å². The Morgan fingerprint density at radius 2 is 2.00 bits per heavy atom. The third-order valence-corrected chi connectivity index (χ3v) is 4.22. The van der Waals surface area contributed by atoms with E-state index in [1.54, 1.807) is 11.8 Å². The molecule has 0 amide bonds. The van der Waals surface area contributed by atoms with Gasteiger partial charge in [0, 0.05) is 11.3 Å². The summed E-state index contributed by atoms with van der Waals surface area (Å²) in [4.78, 5) is 11.2. The van der Waals surface area contributed by atoms with Crippen molar-refractivity contribution in [1.82, 2.24) is 5.32 Å². The van der Waals surface area contributed by atoms with E-state index in [1.165, 1.54) is 18.2 Å². The number of rotatable bonds is 7. The Hall–Kier alpha value is -1.00. The molecular formula is C15H23NO2S. The average Bonchev–Trinajstić information content (AvgIpc) is 2.43. The largest absolute Gasteiger partial charge is 0.468 e. The quantitative estimate of drug-likeness (QED) is 0.780. The smallest absolute Gasteiger partial charge is 0.315 e. The van der Waals surface area contributed by atoms with Gasteiger partial charge >= 0.3 is 5.97 Å². The summed E-state index contributed by atoms with van der Waals surface area (Å²) in [5.41, 5.74) is 2.52. The molecular weight excluding hydrogens is 258 g/mol. The van der Waals surface area contributed by atoms with E-state index < -0.39 is 0 Å². The molecule has 1 N–H and O–H groups in total. The summed E-state index contributed by atoms with van der Waals surface area (Å²) in [7, 11) is 1.43. The first-order chi connectivity index (χ1) is 9.08. The van der Waals surface area contributed by atoms with Crippen LogP contribution < -0.4 is 5.32 Å². The van der Waals surface area contributed by atoms with Crippen molar-refractivity contribution in [1.29, 1.82) is 0 Å². The van der Waals surface area contributed by atoms with Gasteiger partial charge in [-0.25, -0.2) is 0 Å². The number of esters is 1. The predicted octanol–water partition coefficient (Wildman–Crippen LogP) is 2.94. The van der Waals surface area contributed by atoms with E-state index in [0.29, 0.717) is 11.0 Å². The van der Waals surface area contributed by atoms with Gasteiger partial charge in [-0.3, -0.25) is 4.79 Å². The van der Waals surface area contributed by atoms with Gasteiger partial charge < -0.3 is 10.1 Å². The molecule has 19 heavy (non-hydrogen) atoms. The standard InChI is InChI=1S/C15H23NO2S/c1-5-16-15(12(3)19-10-14(17)18-4)13-8-6-11(2)7-9-13/h6-9,12,15-16H,5,10H2,1-4H3. The zero-order valence-corrected chi connectivity index (χ0v) is 12.9. The van der Waals surface area contributed by atoms with Gasteiger partial charge in [-0.2, -0.15) is 0 Å². The van der Waals surface area contributed by atoms with Crippen molar-refractivity contribution in [3.8, 4) is 0 Å². The molecule has 0 aliphatic rings. The Labute approximate surface area is 120 Å². The van der Waals surface area contributed by atoms with E-state index in [0.717, 1.165) is 6.54 Å². The monoisotopic (exact) mass is 281 g/mol. The Kier molecular flexibility index (Phi) is 6.95. The summed E-state index contributed by atoms with van der Waals surface area (Å²) in [5.74, 6) is 0.224. The number of methoxy groups -OCH3 is 1. The molecule has 0 aliphatic carbocycles. The van der Waals surface area contributed by atoms with Crippen LogP contribution in [-0.4, -0.2) is 30.6 Å². The molecule has 0 aliphatic heterocycles. The fraction of sp³-hybridized carbons (Fsp3) is 0.533. The molecule has 0 fully saturated rings.